The molecule has 1 amide bonds. The Hall–Kier alpha value is -1.66. The molecule has 4 nitrogen and oxygen atoms in total. The number of benzene rings is 1. The molecular formula is C16H17BrN2O2S. The molecule has 0 aliphatic carbocycles. The van der Waals surface area contributed by atoms with E-state index < -0.39 is 0 Å². The smallest absolute Gasteiger partial charge is 0.226 e. The Kier molecular flexibility index (Phi) is 6.15. The van der Waals surface area contributed by atoms with Gasteiger partial charge in [0.05, 0.1) is 24.3 Å². The van der Waals surface area contributed by atoms with Crippen molar-refractivity contribution < 1.29 is 9.53 Å². The second-order valence-electron chi connectivity index (χ2n) is 4.54. The van der Waals surface area contributed by atoms with Crippen LogP contribution in [-0.2, 0) is 11.2 Å². The Balaban J connectivity index is 2.08. The fraction of sp³-hybridized carbons (Fsp3) is 0.250. The number of carbonyl (C=O) groups is 1. The van der Waals surface area contributed by atoms with Gasteiger partial charge in [0, 0.05) is 16.4 Å². The third kappa shape index (κ3) is 4.68. The number of nitrogens with one attached hydrogen (secondary N) is 1. The van der Waals surface area contributed by atoms with Gasteiger partial charge in [-0.3, -0.25) is 4.79 Å². The van der Waals surface area contributed by atoms with Gasteiger partial charge in [0.2, 0.25) is 5.91 Å². The maximum Gasteiger partial charge on any atom is 0.226 e. The zero-order valence-corrected chi connectivity index (χ0v) is 14.7. The highest BCUT2D eigenvalue weighted by atomic mass is 79.9. The number of thiazole rings is 1. The van der Waals surface area contributed by atoms with Crippen molar-refractivity contribution in [1.82, 2.24) is 10.3 Å². The Morgan fingerprint density at radius 2 is 2.23 bits per heavy atom. The number of rotatable bonds is 7. The van der Waals surface area contributed by atoms with Crippen LogP contribution in [-0.4, -0.2) is 24.0 Å². The van der Waals surface area contributed by atoms with Crippen LogP contribution in [0, 0.1) is 0 Å². The summed E-state index contributed by atoms with van der Waals surface area (Å²) in [6, 6.07) is 7.79. The van der Waals surface area contributed by atoms with Crippen LogP contribution in [0.3, 0.4) is 0 Å². The van der Waals surface area contributed by atoms with Crippen LogP contribution in [0.1, 0.15) is 12.6 Å². The van der Waals surface area contributed by atoms with Gasteiger partial charge in [-0.05, 0) is 19.1 Å². The number of halogens is 1. The van der Waals surface area contributed by atoms with E-state index >= 15 is 0 Å². The summed E-state index contributed by atoms with van der Waals surface area (Å²) in [5, 5.41) is 5.53. The molecule has 0 aliphatic heterocycles. The number of ether oxygens (including phenoxy) is 1. The van der Waals surface area contributed by atoms with Gasteiger partial charge >= 0.3 is 0 Å². The molecule has 0 bridgehead atoms. The van der Waals surface area contributed by atoms with E-state index in [1.54, 1.807) is 0 Å². The van der Waals surface area contributed by atoms with E-state index in [2.05, 4.69) is 32.8 Å². The van der Waals surface area contributed by atoms with Gasteiger partial charge in [0.15, 0.2) is 0 Å². The molecule has 6 heteroatoms. The fourth-order valence-corrected chi connectivity index (χ4v) is 2.85. The molecule has 0 spiro atoms. The molecule has 0 unspecified atom stereocenters. The summed E-state index contributed by atoms with van der Waals surface area (Å²) in [4.78, 5) is 16.3. The molecule has 0 radical (unpaired) electrons. The van der Waals surface area contributed by atoms with Gasteiger partial charge in [0.1, 0.15) is 10.8 Å². The minimum atomic E-state index is -0.0736. The van der Waals surface area contributed by atoms with E-state index in [4.69, 9.17) is 4.74 Å². The largest absolute Gasteiger partial charge is 0.493 e. The topological polar surface area (TPSA) is 51.2 Å². The number of hydrogen-bond donors (Lipinski definition) is 1. The highest BCUT2D eigenvalue weighted by molar-refractivity contribution is 9.11. The average molecular weight is 381 g/mol. The monoisotopic (exact) mass is 380 g/mol. The molecule has 1 aromatic heterocycles. The Morgan fingerprint density at radius 3 is 2.95 bits per heavy atom. The van der Waals surface area contributed by atoms with E-state index in [1.807, 2.05) is 36.6 Å². The molecule has 0 saturated carbocycles. The molecule has 2 aromatic rings. The highest BCUT2D eigenvalue weighted by Gasteiger charge is 2.12. The summed E-state index contributed by atoms with van der Waals surface area (Å²) in [7, 11) is 0. The van der Waals surface area contributed by atoms with E-state index in [0.717, 1.165) is 26.5 Å². The summed E-state index contributed by atoms with van der Waals surface area (Å²) < 4.78 is 6.36. The Labute approximate surface area is 142 Å². The zero-order valence-electron chi connectivity index (χ0n) is 12.3. The number of carbonyl (C=O) groups excluding carboxylic acids is 1. The maximum atomic E-state index is 11.8. The van der Waals surface area contributed by atoms with Gasteiger partial charge in [-0.15, -0.1) is 11.3 Å². The first-order chi connectivity index (χ1) is 10.6. The predicted octanol–water partition coefficient (Wildman–Crippen LogP) is 3.78. The molecule has 0 saturated heterocycles. The first kappa shape index (κ1) is 16.7. The molecule has 1 heterocycles. The molecular weight excluding hydrogens is 364 g/mol. The van der Waals surface area contributed by atoms with Crippen LogP contribution in [0.5, 0.6) is 5.75 Å². The van der Waals surface area contributed by atoms with Gasteiger partial charge in [0.25, 0.3) is 0 Å². The van der Waals surface area contributed by atoms with Crippen molar-refractivity contribution in [3.8, 4) is 16.3 Å². The van der Waals surface area contributed by atoms with Gasteiger partial charge in [-0.1, -0.05) is 34.6 Å². The van der Waals surface area contributed by atoms with Crippen molar-refractivity contribution in [3.05, 3.63) is 46.4 Å². The lowest BCUT2D eigenvalue weighted by molar-refractivity contribution is -0.120. The number of aromatic nitrogens is 1. The van der Waals surface area contributed by atoms with Crippen LogP contribution >= 0.6 is 27.3 Å². The van der Waals surface area contributed by atoms with Crippen molar-refractivity contribution in [2.75, 3.05) is 13.2 Å². The van der Waals surface area contributed by atoms with Gasteiger partial charge in [-0.2, -0.15) is 0 Å². The van der Waals surface area contributed by atoms with E-state index in [1.165, 1.54) is 11.3 Å². The van der Waals surface area contributed by atoms with E-state index in [9.17, 15) is 4.79 Å². The predicted molar refractivity (Wildman–Crippen MR) is 93.5 cm³/mol. The summed E-state index contributed by atoms with van der Waals surface area (Å²) in [5.74, 6) is 0.737. The van der Waals surface area contributed by atoms with Crippen LogP contribution < -0.4 is 10.1 Å². The van der Waals surface area contributed by atoms with Crippen LogP contribution in [0.15, 0.2) is 40.7 Å². The van der Waals surface area contributed by atoms with E-state index in [-0.39, 0.29) is 12.3 Å². The quantitative estimate of drug-likeness (QED) is 0.794. The van der Waals surface area contributed by atoms with Gasteiger partial charge in [-0.25, -0.2) is 4.98 Å². The first-order valence-electron chi connectivity index (χ1n) is 6.86. The van der Waals surface area contributed by atoms with E-state index in [0.29, 0.717) is 13.2 Å². The Morgan fingerprint density at radius 1 is 1.45 bits per heavy atom. The summed E-state index contributed by atoms with van der Waals surface area (Å²) >= 11 is 4.72. The molecule has 0 atom stereocenters. The van der Waals surface area contributed by atoms with Crippen LogP contribution in [0.4, 0.5) is 0 Å². The van der Waals surface area contributed by atoms with Crippen molar-refractivity contribution in [2.24, 2.45) is 0 Å². The number of hydrogen-bond acceptors (Lipinski definition) is 4. The fourth-order valence-electron chi connectivity index (χ4n) is 1.86. The molecule has 1 N–H and O–H groups in total. The number of amides is 1. The lowest BCUT2D eigenvalue weighted by Crippen LogP contribution is -2.26. The van der Waals surface area contributed by atoms with Crippen molar-refractivity contribution in [3.63, 3.8) is 0 Å². The first-order valence-corrected chi connectivity index (χ1v) is 8.54. The summed E-state index contributed by atoms with van der Waals surface area (Å²) in [6.45, 7) is 6.65. The second-order valence-corrected chi connectivity index (χ2v) is 6.52. The van der Waals surface area contributed by atoms with Gasteiger partial charge < -0.3 is 10.1 Å². The van der Waals surface area contributed by atoms with Crippen molar-refractivity contribution >= 4 is 33.2 Å². The second kappa shape index (κ2) is 8.10. The lowest BCUT2D eigenvalue weighted by atomic mass is 10.2. The minimum absolute atomic E-state index is 0.0736. The number of para-hydroxylation sites is 1. The third-order valence-corrected chi connectivity index (χ3v) is 3.99. The van der Waals surface area contributed by atoms with Crippen molar-refractivity contribution in [1.29, 1.82) is 0 Å². The zero-order chi connectivity index (χ0) is 15.9. The number of nitrogens with zero attached hydrogens (tertiary/aromatic N) is 1. The molecule has 116 valence electrons. The standard InChI is InChI=1S/C16H17BrN2O2S/c1-3-21-14-7-5-4-6-13(14)16-19-12(10-22-16)8-15(20)18-9-11(2)17/h4-7,10H,2-3,8-9H2,1H3,(H,18,20). The lowest BCUT2D eigenvalue weighted by Gasteiger charge is -2.07. The molecule has 0 fully saturated rings. The molecule has 22 heavy (non-hydrogen) atoms. The molecule has 0 aliphatic rings. The third-order valence-electron chi connectivity index (χ3n) is 2.79. The van der Waals surface area contributed by atoms with Crippen LogP contribution in [0.2, 0.25) is 0 Å². The summed E-state index contributed by atoms with van der Waals surface area (Å²) in [5.41, 5.74) is 1.71. The normalized spacial score (nSPS) is 10.3. The summed E-state index contributed by atoms with van der Waals surface area (Å²) in [6.07, 6.45) is 0.258. The highest BCUT2D eigenvalue weighted by Crippen LogP contribution is 2.32. The SMILES string of the molecule is C=C(Br)CNC(=O)Cc1csc(-c2ccccc2OCC)n1. The molecule has 2 rings (SSSR count). The Bertz CT molecular complexity index is 670. The molecule has 1 aromatic carbocycles. The average Bonchev–Trinajstić information content (AvgIpc) is 2.94. The van der Waals surface area contributed by atoms with Crippen LogP contribution in [0.25, 0.3) is 10.6 Å². The minimum Gasteiger partial charge on any atom is -0.493 e. The van der Waals surface area contributed by atoms with Crippen molar-refractivity contribution in [2.45, 2.75) is 13.3 Å². The maximum absolute atomic E-state index is 11.8.